The zero-order valence-corrected chi connectivity index (χ0v) is 23.1. The van der Waals surface area contributed by atoms with Crippen molar-refractivity contribution in [1.82, 2.24) is 14.8 Å². The van der Waals surface area contributed by atoms with Crippen LogP contribution >= 0.6 is 0 Å². The molecule has 1 aromatic heterocycles. The Morgan fingerprint density at radius 1 is 0.950 bits per heavy atom. The third kappa shape index (κ3) is 4.81. The predicted molar refractivity (Wildman–Crippen MR) is 153 cm³/mol. The van der Waals surface area contributed by atoms with Gasteiger partial charge in [-0.05, 0) is 53.3 Å². The van der Waals surface area contributed by atoms with Crippen LogP contribution in [0.5, 0.6) is 17.2 Å². The van der Waals surface area contributed by atoms with Crippen LogP contribution in [0.15, 0.2) is 84.1 Å². The first kappa shape index (κ1) is 25.7. The summed E-state index contributed by atoms with van der Waals surface area (Å²) < 4.78 is 18.7. The molecule has 8 heteroatoms. The third-order valence-electron chi connectivity index (χ3n) is 7.42. The normalized spacial score (nSPS) is 17.5. The van der Waals surface area contributed by atoms with Crippen molar-refractivity contribution in [3.63, 3.8) is 0 Å². The highest BCUT2D eigenvalue weighted by atomic mass is 16.5. The molecular formula is C32H32N4O4. The highest BCUT2D eigenvalue weighted by molar-refractivity contribution is 6.00. The molecule has 1 unspecified atom stereocenters. The molecule has 40 heavy (non-hydrogen) atoms. The second-order valence-electron chi connectivity index (χ2n) is 11.0. The van der Waals surface area contributed by atoms with Gasteiger partial charge in [-0.3, -0.25) is 4.79 Å². The number of hydrogen-bond acceptors (Lipinski definition) is 7. The van der Waals surface area contributed by atoms with Crippen LogP contribution in [0.25, 0.3) is 11.4 Å². The lowest BCUT2D eigenvalue weighted by Crippen LogP contribution is -2.36. The van der Waals surface area contributed by atoms with Crippen LogP contribution in [0.1, 0.15) is 43.9 Å². The molecular weight excluding hydrogens is 504 g/mol. The summed E-state index contributed by atoms with van der Waals surface area (Å²) >= 11 is 0. The van der Waals surface area contributed by atoms with E-state index in [0.29, 0.717) is 36.3 Å². The van der Waals surface area contributed by atoms with Crippen molar-refractivity contribution < 1.29 is 19.0 Å². The molecule has 0 saturated carbocycles. The average molecular weight is 537 g/mol. The number of aromatic nitrogens is 3. The fourth-order valence-electron chi connectivity index (χ4n) is 5.50. The van der Waals surface area contributed by atoms with Crippen molar-refractivity contribution in [2.75, 3.05) is 19.5 Å². The van der Waals surface area contributed by atoms with Gasteiger partial charge in [-0.25, -0.2) is 4.68 Å². The smallest absolute Gasteiger partial charge is 0.226 e. The topological polar surface area (TPSA) is 87.5 Å². The Morgan fingerprint density at radius 2 is 1.70 bits per heavy atom. The summed E-state index contributed by atoms with van der Waals surface area (Å²) in [5.74, 6) is 3.24. The first-order valence-corrected chi connectivity index (χ1v) is 13.3. The van der Waals surface area contributed by atoms with Crippen LogP contribution in [0.2, 0.25) is 0 Å². The average Bonchev–Trinajstić information content (AvgIpc) is 3.38. The lowest BCUT2D eigenvalue weighted by Gasteiger charge is -2.38. The van der Waals surface area contributed by atoms with Gasteiger partial charge in [0.05, 0.1) is 14.2 Å². The monoisotopic (exact) mass is 536 g/mol. The summed E-state index contributed by atoms with van der Waals surface area (Å²) in [4.78, 5) is 18.4. The number of Topliss-reactive ketones (excluding diaryl/α,β-unsaturated/α-hetero) is 1. The second kappa shape index (κ2) is 10.2. The van der Waals surface area contributed by atoms with Gasteiger partial charge in [0, 0.05) is 23.3 Å². The summed E-state index contributed by atoms with van der Waals surface area (Å²) in [6.45, 7) is 4.73. The molecule has 1 aliphatic carbocycles. The lowest BCUT2D eigenvalue weighted by atomic mass is 9.73. The minimum Gasteiger partial charge on any atom is -0.493 e. The fraction of sp³-hybridized carbons (Fsp3) is 0.281. The minimum atomic E-state index is -0.403. The lowest BCUT2D eigenvalue weighted by molar-refractivity contribution is -0.118. The van der Waals surface area contributed by atoms with Crippen molar-refractivity contribution in [2.24, 2.45) is 5.41 Å². The summed E-state index contributed by atoms with van der Waals surface area (Å²) in [5, 5.41) is 8.34. The SMILES string of the molecule is COc1ccc(-c2nc3n(n2)C(c2ccc(OCc4ccccc4)cc2)C2=C(CC(C)(C)CC2=O)N3)cc1OC. The molecule has 0 saturated heterocycles. The highest BCUT2D eigenvalue weighted by Gasteiger charge is 2.42. The van der Waals surface area contributed by atoms with Crippen molar-refractivity contribution in [3.05, 3.63) is 95.2 Å². The Kier molecular flexibility index (Phi) is 6.54. The van der Waals surface area contributed by atoms with Crippen molar-refractivity contribution >= 4 is 11.7 Å². The number of hydrogen-bond donors (Lipinski definition) is 1. The van der Waals surface area contributed by atoms with E-state index < -0.39 is 6.04 Å². The predicted octanol–water partition coefficient (Wildman–Crippen LogP) is 6.20. The van der Waals surface area contributed by atoms with Crippen LogP contribution in [-0.4, -0.2) is 34.8 Å². The van der Waals surface area contributed by atoms with E-state index in [1.54, 1.807) is 14.2 Å². The van der Waals surface area contributed by atoms with Crippen LogP contribution < -0.4 is 19.5 Å². The van der Waals surface area contributed by atoms with Gasteiger partial charge in [-0.15, -0.1) is 5.10 Å². The van der Waals surface area contributed by atoms with Gasteiger partial charge in [0.2, 0.25) is 5.95 Å². The summed E-state index contributed by atoms with van der Waals surface area (Å²) in [5.41, 5.74) is 4.35. The number of rotatable bonds is 7. The maximum absolute atomic E-state index is 13.6. The number of fused-ring (bicyclic) bond motifs is 1. The van der Waals surface area contributed by atoms with Gasteiger partial charge >= 0.3 is 0 Å². The second-order valence-corrected chi connectivity index (χ2v) is 11.0. The maximum atomic E-state index is 13.6. The summed E-state index contributed by atoms with van der Waals surface area (Å²) in [6, 6.07) is 23.2. The molecule has 1 aliphatic heterocycles. The van der Waals surface area contributed by atoms with Gasteiger partial charge in [0.1, 0.15) is 18.4 Å². The van der Waals surface area contributed by atoms with E-state index >= 15 is 0 Å². The molecule has 0 spiro atoms. The number of ketones is 1. The highest BCUT2D eigenvalue weighted by Crippen LogP contribution is 2.46. The number of anilines is 1. The quantitative estimate of drug-likeness (QED) is 0.301. The van der Waals surface area contributed by atoms with Gasteiger partial charge in [-0.1, -0.05) is 56.3 Å². The molecule has 2 heterocycles. The minimum absolute atomic E-state index is 0.127. The Labute approximate surface area is 233 Å². The number of nitrogens with zero attached hydrogens (tertiary/aromatic N) is 3. The Balaban J connectivity index is 1.38. The number of benzene rings is 3. The largest absolute Gasteiger partial charge is 0.493 e. The Hall–Kier alpha value is -4.59. The van der Waals surface area contributed by atoms with Crippen molar-refractivity contribution in [1.29, 1.82) is 0 Å². The Morgan fingerprint density at radius 3 is 2.42 bits per heavy atom. The molecule has 204 valence electrons. The van der Waals surface area contributed by atoms with Crippen LogP contribution in [-0.2, 0) is 11.4 Å². The molecule has 0 bridgehead atoms. The molecule has 1 N–H and O–H groups in total. The van der Waals surface area contributed by atoms with E-state index in [0.717, 1.165) is 40.1 Å². The number of methoxy groups -OCH3 is 2. The zero-order valence-electron chi connectivity index (χ0n) is 23.1. The summed E-state index contributed by atoms with van der Waals surface area (Å²) in [6.07, 6.45) is 1.23. The zero-order chi connectivity index (χ0) is 27.9. The van der Waals surface area contributed by atoms with Gasteiger partial charge in [0.15, 0.2) is 23.1 Å². The fourth-order valence-corrected chi connectivity index (χ4v) is 5.50. The molecule has 2 aliphatic rings. The third-order valence-corrected chi connectivity index (χ3v) is 7.42. The first-order chi connectivity index (χ1) is 19.3. The van der Waals surface area contributed by atoms with Crippen molar-refractivity contribution in [3.8, 4) is 28.6 Å². The Bertz CT molecular complexity index is 1590. The number of carbonyl (C=O) groups is 1. The van der Waals surface area contributed by atoms with E-state index in [4.69, 9.17) is 24.3 Å². The molecule has 1 atom stereocenters. The van der Waals surface area contributed by atoms with E-state index in [9.17, 15) is 4.79 Å². The molecule has 6 rings (SSSR count). The number of carbonyl (C=O) groups excluding carboxylic acids is 1. The molecule has 0 amide bonds. The van der Waals surface area contributed by atoms with Crippen LogP contribution in [0.4, 0.5) is 5.95 Å². The summed E-state index contributed by atoms with van der Waals surface area (Å²) in [7, 11) is 3.20. The molecule has 4 aromatic rings. The number of allylic oxidation sites excluding steroid dienone is 2. The molecule has 0 fully saturated rings. The molecule has 8 nitrogen and oxygen atoms in total. The first-order valence-electron chi connectivity index (χ1n) is 13.3. The standard InChI is InChI=1S/C32H32N4O4/c1-32(2)17-24-28(25(37)18-32)29(21-10-13-23(14-11-21)40-19-20-8-6-5-7-9-20)36-31(33-24)34-30(35-36)22-12-15-26(38-3)27(16-22)39-4/h5-16,29H,17-19H2,1-4H3,(H,33,34,35). The van der Waals surface area contributed by atoms with E-state index in [1.807, 2.05) is 77.5 Å². The van der Waals surface area contributed by atoms with E-state index in [-0.39, 0.29) is 11.2 Å². The number of nitrogens with one attached hydrogen (secondary N) is 1. The maximum Gasteiger partial charge on any atom is 0.226 e. The van der Waals surface area contributed by atoms with Gasteiger partial charge < -0.3 is 19.5 Å². The van der Waals surface area contributed by atoms with Gasteiger partial charge in [0.25, 0.3) is 0 Å². The van der Waals surface area contributed by atoms with E-state index in [2.05, 4.69) is 19.2 Å². The van der Waals surface area contributed by atoms with Crippen LogP contribution in [0.3, 0.4) is 0 Å². The van der Waals surface area contributed by atoms with Gasteiger partial charge in [-0.2, -0.15) is 4.98 Å². The molecule has 3 aromatic carbocycles. The van der Waals surface area contributed by atoms with Crippen LogP contribution in [0, 0.1) is 5.41 Å². The number of ether oxygens (including phenoxy) is 3. The van der Waals surface area contributed by atoms with E-state index in [1.165, 1.54) is 0 Å². The molecule has 0 radical (unpaired) electrons. The van der Waals surface area contributed by atoms with Crippen molar-refractivity contribution in [2.45, 2.75) is 39.3 Å².